The molecule has 0 aliphatic carbocycles. The van der Waals surface area contributed by atoms with Gasteiger partial charge >= 0.3 is 0 Å². The smallest absolute Gasteiger partial charge is 0.227 e. The monoisotopic (exact) mass is 314 g/mol. The van der Waals surface area contributed by atoms with Gasteiger partial charge in [-0.05, 0) is 25.0 Å². The van der Waals surface area contributed by atoms with Gasteiger partial charge in [0.15, 0.2) is 0 Å². The summed E-state index contributed by atoms with van der Waals surface area (Å²) in [6.07, 6.45) is 1.68. The average Bonchev–Trinajstić information content (AvgIpc) is 3.21. The highest BCUT2D eigenvalue weighted by Crippen LogP contribution is 2.43. The maximum Gasteiger partial charge on any atom is 0.227 e. The lowest BCUT2D eigenvalue weighted by atomic mass is 9.86. The standard InChI is InChI=1S/C16H18N4OS/c1-12-4-2-3-5-13(12)20-10-16(8-14(20)21)6-7-19(9-16)15-18-17-11-22-15/h2-5,11H,6-10H2,1H3/t16-/m0/s1. The highest BCUT2D eigenvalue weighted by Gasteiger charge is 2.48. The molecule has 5 nitrogen and oxygen atoms in total. The lowest BCUT2D eigenvalue weighted by molar-refractivity contribution is -0.117. The predicted molar refractivity (Wildman–Crippen MR) is 87.3 cm³/mol. The Morgan fingerprint density at radius 1 is 1.27 bits per heavy atom. The molecule has 0 saturated carbocycles. The molecule has 1 amide bonds. The minimum atomic E-state index is 0.0606. The van der Waals surface area contributed by atoms with Crippen LogP contribution in [0.2, 0.25) is 0 Å². The van der Waals surface area contributed by atoms with E-state index in [1.165, 1.54) is 0 Å². The fourth-order valence-electron chi connectivity index (χ4n) is 3.66. The topological polar surface area (TPSA) is 49.3 Å². The number of nitrogens with zero attached hydrogens (tertiary/aromatic N) is 4. The molecule has 2 aliphatic rings. The van der Waals surface area contributed by atoms with Crippen LogP contribution in [0.1, 0.15) is 18.4 Å². The van der Waals surface area contributed by atoms with Crippen molar-refractivity contribution in [1.29, 1.82) is 0 Å². The SMILES string of the molecule is Cc1ccccc1N1C[C@@]2(CCN(c3nncs3)C2)CC1=O. The van der Waals surface area contributed by atoms with Crippen molar-refractivity contribution in [3.8, 4) is 0 Å². The first kappa shape index (κ1) is 13.7. The summed E-state index contributed by atoms with van der Waals surface area (Å²) in [6, 6.07) is 8.13. The maximum atomic E-state index is 12.6. The van der Waals surface area contributed by atoms with Crippen LogP contribution in [0.3, 0.4) is 0 Å². The van der Waals surface area contributed by atoms with E-state index in [2.05, 4.69) is 28.1 Å². The van der Waals surface area contributed by atoms with Gasteiger partial charge < -0.3 is 9.80 Å². The molecule has 0 unspecified atom stereocenters. The van der Waals surface area contributed by atoms with Gasteiger partial charge in [-0.2, -0.15) is 0 Å². The number of carbonyl (C=O) groups is 1. The highest BCUT2D eigenvalue weighted by molar-refractivity contribution is 7.13. The number of anilines is 2. The molecule has 0 N–H and O–H groups in total. The fourth-order valence-corrected chi connectivity index (χ4v) is 4.25. The van der Waals surface area contributed by atoms with Gasteiger partial charge in [-0.1, -0.05) is 29.5 Å². The molecule has 4 rings (SSSR count). The van der Waals surface area contributed by atoms with Gasteiger partial charge in [-0.3, -0.25) is 4.79 Å². The van der Waals surface area contributed by atoms with Crippen LogP contribution in [0.4, 0.5) is 10.8 Å². The highest BCUT2D eigenvalue weighted by atomic mass is 32.1. The molecule has 0 radical (unpaired) electrons. The van der Waals surface area contributed by atoms with Crippen molar-refractivity contribution in [3.05, 3.63) is 35.3 Å². The average molecular weight is 314 g/mol. The van der Waals surface area contributed by atoms with Crippen LogP contribution in [0.25, 0.3) is 0 Å². The number of aryl methyl sites for hydroxylation is 1. The minimum absolute atomic E-state index is 0.0606. The molecule has 2 saturated heterocycles. The Morgan fingerprint density at radius 3 is 2.91 bits per heavy atom. The summed E-state index contributed by atoms with van der Waals surface area (Å²) in [6.45, 7) is 4.74. The summed E-state index contributed by atoms with van der Waals surface area (Å²) in [5.41, 5.74) is 4.04. The zero-order chi connectivity index (χ0) is 15.2. The molecular weight excluding hydrogens is 296 g/mol. The lowest BCUT2D eigenvalue weighted by Crippen LogP contribution is -2.31. The Labute approximate surface area is 133 Å². The summed E-state index contributed by atoms with van der Waals surface area (Å²) < 4.78 is 0. The second kappa shape index (κ2) is 5.05. The van der Waals surface area contributed by atoms with E-state index in [0.29, 0.717) is 6.42 Å². The van der Waals surface area contributed by atoms with E-state index in [1.807, 2.05) is 23.1 Å². The second-order valence-corrected chi connectivity index (χ2v) is 7.15. The zero-order valence-corrected chi connectivity index (χ0v) is 13.3. The molecule has 1 aromatic carbocycles. The van der Waals surface area contributed by atoms with Crippen molar-refractivity contribution >= 4 is 28.1 Å². The summed E-state index contributed by atoms with van der Waals surface area (Å²) in [5.74, 6) is 0.244. The van der Waals surface area contributed by atoms with Crippen LogP contribution in [-0.2, 0) is 4.79 Å². The molecule has 0 bridgehead atoms. The van der Waals surface area contributed by atoms with E-state index >= 15 is 0 Å². The van der Waals surface area contributed by atoms with Gasteiger partial charge in [-0.15, -0.1) is 10.2 Å². The molecule has 2 aromatic rings. The van der Waals surface area contributed by atoms with Crippen molar-refractivity contribution in [2.75, 3.05) is 29.4 Å². The third-order valence-electron chi connectivity index (χ3n) is 4.78. The van der Waals surface area contributed by atoms with Crippen molar-refractivity contribution in [3.63, 3.8) is 0 Å². The number of hydrogen-bond acceptors (Lipinski definition) is 5. The van der Waals surface area contributed by atoms with Gasteiger partial charge in [0.25, 0.3) is 0 Å². The van der Waals surface area contributed by atoms with Crippen LogP contribution >= 0.6 is 11.3 Å². The van der Waals surface area contributed by atoms with E-state index < -0.39 is 0 Å². The number of carbonyl (C=O) groups excluding carboxylic acids is 1. The molecule has 6 heteroatoms. The normalized spacial score (nSPS) is 24.7. The Balaban J connectivity index is 1.57. The van der Waals surface area contributed by atoms with Crippen molar-refractivity contribution in [2.24, 2.45) is 5.41 Å². The van der Waals surface area contributed by atoms with Crippen molar-refractivity contribution in [2.45, 2.75) is 19.8 Å². The molecule has 22 heavy (non-hydrogen) atoms. The van der Waals surface area contributed by atoms with E-state index in [9.17, 15) is 4.79 Å². The summed E-state index contributed by atoms with van der Waals surface area (Å²) in [5, 5.41) is 9.05. The van der Waals surface area contributed by atoms with Crippen LogP contribution in [0.5, 0.6) is 0 Å². The van der Waals surface area contributed by atoms with Gasteiger partial charge in [-0.25, -0.2) is 0 Å². The van der Waals surface area contributed by atoms with E-state index in [4.69, 9.17) is 0 Å². The Hall–Kier alpha value is -1.95. The Bertz CT molecular complexity index is 702. The van der Waals surface area contributed by atoms with E-state index in [1.54, 1.807) is 16.8 Å². The van der Waals surface area contributed by atoms with Crippen LogP contribution < -0.4 is 9.80 Å². The third kappa shape index (κ3) is 2.18. The molecule has 2 aliphatic heterocycles. The molecule has 1 aromatic heterocycles. The minimum Gasteiger partial charge on any atom is -0.346 e. The first-order valence-corrected chi connectivity index (χ1v) is 8.42. The lowest BCUT2D eigenvalue weighted by Gasteiger charge is -2.24. The first-order chi connectivity index (χ1) is 10.7. The molecule has 114 valence electrons. The first-order valence-electron chi connectivity index (χ1n) is 7.54. The molecule has 3 heterocycles. The second-order valence-electron chi connectivity index (χ2n) is 6.34. The van der Waals surface area contributed by atoms with Crippen molar-refractivity contribution in [1.82, 2.24) is 10.2 Å². The molecule has 1 spiro atoms. The number of aromatic nitrogens is 2. The number of benzene rings is 1. The molecule has 2 fully saturated rings. The molecule has 1 atom stereocenters. The van der Waals surface area contributed by atoms with E-state index in [-0.39, 0.29) is 11.3 Å². The van der Waals surface area contributed by atoms with Gasteiger partial charge in [0.05, 0.1) is 0 Å². The zero-order valence-electron chi connectivity index (χ0n) is 12.5. The van der Waals surface area contributed by atoms with Gasteiger partial charge in [0, 0.05) is 37.2 Å². The predicted octanol–water partition coefficient (Wildman–Crippen LogP) is 2.48. The summed E-state index contributed by atoms with van der Waals surface area (Å²) >= 11 is 1.57. The van der Waals surface area contributed by atoms with Gasteiger partial charge in [0.2, 0.25) is 11.0 Å². The van der Waals surface area contributed by atoms with Crippen molar-refractivity contribution < 1.29 is 4.79 Å². The quantitative estimate of drug-likeness (QED) is 0.854. The Kier molecular flexibility index (Phi) is 3.14. The maximum absolute atomic E-state index is 12.6. The van der Waals surface area contributed by atoms with Crippen LogP contribution in [-0.4, -0.2) is 35.7 Å². The van der Waals surface area contributed by atoms with E-state index in [0.717, 1.165) is 42.4 Å². The largest absolute Gasteiger partial charge is 0.346 e. The fraction of sp³-hybridized carbons (Fsp3) is 0.438. The summed E-state index contributed by atoms with van der Waals surface area (Å²) in [4.78, 5) is 16.8. The molecular formula is C16H18N4OS. The number of amides is 1. The number of rotatable bonds is 2. The summed E-state index contributed by atoms with van der Waals surface area (Å²) in [7, 11) is 0. The van der Waals surface area contributed by atoms with Crippen LogP contribution in [0.15, 0.2) is 29.8 Å². The Morgan fingerprint density at radius 2 is 2.14 bits per heavy atom. The van der Waals surface area contributed by atoms with Crippen LogP contribution in [0, 0.1) is 12.3 Å². The number of para-hydroxylation sites is 1. The number of hydrogen-bond donors (Lipinski definition) is 0. The van der Waals surface area contributed by atoms with Gasteiger partial charge in [0.1, 0.15) is 5.51 Å². The third-order valence-corrected chi connectivity index (χ3v) is 5.53.